The van der Waals surface area contributed by atoms with Crippen molar-refractivity contribution in [2.24, 2.45) is 16.3 Å². The van der Waals surface area contributed by atoms with E-state index in [1.54, 1.807) is 10.9 Å². The molecule has 1 aromatic rings. The molecule has 7 nitrogen and oxygen atoms in total. The summed E-state index contributed by atoms with van der Waals surface area (Å²) in [6.45, 7) is 2.55. The van der Waals surface area contributed by atoms with Gasteiger partial charge in [0, 0.05) is 25.7 Å². The molecule has 0 aliphatic heterocycles. The third-order valence-electron chi connectivity index (χ3n) is 3.13. The molecule has 7 heteroatoms. The van der Waals surface area contributed by atoms with Gasteiger partial charge in [-0.25, -0.2) is 0 Å². The van der Waals surface area contributed by atoms with Crippen LogP contribution < -0.4 is 11.1 Å². The summed E-state index contributed by atoms with van der Waals surface area (Å²) in [5, 5.41) is 22.6. The zero-order valence-corrected chi connectivity index (χ0v) is 9.71. The molecule has 0 unspecified atom stereocenters. The van der Waals surface area contributed by atoms with Crippen molar-refractivity contribution in [1.29, 1.82) is 0 Å². The summed E-state index contributed by atoms with van der Waals surface area (Å²) in [6, 6.07) is 0. The predicted octanol–water partition coefficient (Wildman–Crippen LogP) is -0.216. The maximum absolute atomic E-state index is 8.55. The van der Waals surface area contributed by atoms with Gasteiger partial charge in [-0.1, -0.05) is 10.4 Å². The molecule has 0 radical (unpaired) electrons. The van der Waals surface area contributed by atoms with Gasteiger partial charge in [0.05, 0.1) is 12.7 Å². The van der Waals surface area contributed by atoms with E-state index >= 15 is 0 Å². The van der Waals surface area contributed by atoms with Gasteiger partial charge in [0.2, 0.25) is 0 Å². The molecule has 94 valence electrons. The lowest BCUT2D eigenvalue weighted by Gasteiger charge is -2.14. The van der Waals surface area contributed by atoms with Crippen LogP contribution in [0.15, 0.2) is 17.5 Å². The van der Waals surface area contributed by atoms with Crippen molar-refractivity contribution in [3.8, 4) is 0 Å². The van der Waals surface area contributed by atoms with Crippen LogP contribution in [-0.2, 0) is 6.54 Å². The molecule has 1 aromatic heterocycles. The lowest BCUT2D eigenvalue weighted by molar-refractivity contribution is 0.314. The maximum atomic E-state index is 8.55. The van der Waals surface area contributed by atoms with E-state index in [4.69, 9.17) is 10.9 Å². The molecular formula is C10H18N6O. The Bertz CT molecular complexity index is 370. The normalized spacial score (nSPS) is 18.2. The minimum Gasteiger partial charge on any atom is -0.409 e. The first-order chi connectivity index (χ1) is 8.24. The molecule has 0 amide bonds. The minimum atomic E-state index is 0.207. The van der Waals surface area contributed by atoms with Gasteiger partial charge in [0.25, 0.3) is 0 Å². The Morgan fingerprint density at radius 2 is 2.41 bits per heavy atom. The van der Waals surface area contributed by atoms with Crippen LogP contribution in [0.1, 0.15) is 19.3 Å². The van der Waals surface area contributed by atoms with Gasteiger partial charge in [-0.3, -0.25) is 4.68 Å². The van der Waals surface area contributed by atoms with Crippen molar-refractivity contribution in [2.45, 2.75) is 25.8 Å². The second-order valence-electron chi connectivity index (χ2n) is 4.61. The summed E-state index contributed by atoms with van der Waals surface area (Å²) in [7, 11) is 0. The van der Waals surface area contributed by atoms with E-state index in [1.165, 1.54) is 0 Å². The lowest BCUT2D eigenvalue weighted by atomic mass is 10.0. The molecule has 1 aliphatic carbocycles. The van der Waals surface area contributed by atoms with Crippen molar-refractivity contribution < 1.29 is 5.21 Å². The fourth-order valence-corrected chi connectivity index (χ4v) is 1.91. The summed E-state index contributed by atoms with van der Waals surface area (Å²) in [5.74, 6) is 0.320. The van der Waals surface area contributed by atoms with Crippen LogP contribution in [0, 0.1) is 5.41 Å². The average molecular weight is 238 g/mol. The van der Waals surface area contributed by atoms with Gasteiger partial charge < -0.3 is 16.3 Å². The highest BCUT2D eigenvalue weighted by molar-refractivity contribution is 5.80. The largest absolute Gasteiger partial charge is 0.409 e. The molecule has 1 fully saturated rings. The number of hydrogen-bond acceptors (Lipinski definition) is 5. The van der Waals surface area contributed by atoms with E-state index in [-0.39, 0.29) is 5.41 Å². The Morgan fingerprint density at radius 1 is 1.59 bits per heavy atom. The summed E-state index contributed by atoms with van der Waals surface area (Å²) in [6.07, 6.45) is 6.45. The Kier molecular flexibility index (Phi) is 3.58. The van der Waals surface area contributed by atoms with Crippen LogP contribution in [0.3, 0.4) is 0 Å². The molecule has 0 saturated heterocycles. The van der Waals surface area contributed by atoms with Crippen LogP contribution in [-0.4, -0.2) is 39.1 Å². The molecule has 1 saturated carbocycles. The minimum absolute atomic E-state index is 0.207. The lowest BCUT2D eigenvalue weighted by Crippen LogP contribution is -2.30. The fourth-order valence-electron chi connectivity index (χ4n) is 1.91. The second-order valence-corrected chi connectivity index (χ2v) is 4.61. The summed E-state index contributed by atoms with van der Waals surface area (Å²) in [4.78, 5) is 0. The number of rotatable bonds is 7. The van der Waals surface area contributed by atoms with Crippen LogP contribution >= 0.6 is 0 Å². The summed E-state index contributed by atoms with van der Waals surface area (Å²) >= 11 is 0. The quantitative estimate of drug-likeness (QED) is 0.200. The first-order valence-electron chi connectivity index (χ1n) is 5.75. The number of hydrogen-bond donors (Lipinski definition) is 3. The molecule has 0 atom stereocenters. The number of nitrogens with two attached hydrogens (primary N) is 1. The first kappa shape index (κ1) is 11.8. The third kappa shape index (κ3) is 3.42. The number of nitrogens with zero attached hydrogens (tertiary/aromatic N) is 4. The van der Waals surface area contributed by atoms with Gasteiger partial charge >= 0.3 is 0 Å². The smallest absolute Gasteiger partial charge is 0.139 e. The second kappa shape index (κ2) is 5.13. The van der Waals surface area contributed by atoms with E-state index < -0.39 is 0 Å². The van der Waals surface area contributed by atoms with Crippen molar-refractivity contribution in [2.75, 3.05) is 13.1 Å². The van der Waals surface area contributed by atoms with Crippen LogP contribution in [0.5, 0.6) is 0 Å². The maximum Gasteiger partial charge on any atom is 0.139 e. The first-order valence-corrected chi connectivity index (χ1v) is 5.75. The Balaban J connectivity index is 1.65. The fraction of sp³-hybridized carbons (Fsp3) is 0.700. The van der Waals surface area contributed by atoms with Crippen LogP contribution in [0.2, 0.25) is 0 Å². The van der Waals surface area contributed by atoms with E-state index in [0.717, 1.165) is 32.5 Å². The SMILES string of the molecule is N/C(CC1(CNCCn2ccnn2)CC1)=N/O. The zero-order valence-electron chi connectivity index (χ0n) is 9.71. The topological polar surface area (TPSA) is 101 Å². The molecule has 2 rings (SSSR count). The van der Waals surface area contributed by atoms with Gasteiger partial charge in [0.1, 0.15) is 5.84 Å². The molecule has 1 heterocycles. The molecule has 0 spiro atoms. The molecule has 1 aliphatic rings. The molecule has 0 aromatic carbocycles. The van der Waals surface area contributed by atoms with Crippen molar-refractivity contribution in [3.63, 3.8) is 0 Å². The highest BCUT2D eigenvalue weighted by Crippen LogP contribution is 2.48. The third-order valence-corrected chi connectivity index (χ3v) is 3.13. The Morgan fingerprint density at radius 3 is 3.00 bits per heavy atom. The summed E-state index contributed by atoms with van der Waals surface area (Å²) in [5.41, 5.74) is 5.74. The number of nitrogens with one attached hydrogen (secondary N) is 1. The number of oxime groups is 1. The van der Waals surface area contributed by atoms with Crippen molar-refractivity contribution >= 4 is 5.84 Å². The molecule has 4 N–H and O–H groups in total. The van der Waals surface area contributed by atoms with Gasteiger partial charge in [0.15, 0.2) is 0 Å². The molecule has 17 heavy (non-hydrogen) atoms. The highest BCUT2D eigenvalue weighted by atomic mass is 16.4. The zero-order chi connectivity index (χ0) is 12.1. The monoisotopic (exact) mass is 238 g/mol. The van der Waals surface area contributed by atoms with Gasteiger partial charge in [-0.05, 0) is 18.3 Å². The van der Waals surface area contributed by atoms with E-state index in [9.17, 15) is 0 Å². The van der Waals surface area contributed by atoms with E-state index in [1.807, 2.05) is 6.20 Å². The summed E-state index contributed by atoms with van der Waals surface area (Å²) < 4.78 is 1.79. The average Bonchev–Trinajstić information content (AvgIpc) is 2.89. The van der Waals surface area contributed by atoms with E-state index in [2.05, 4.69) is 20.8 Å². The number of aromatic nitrogens is 3. The van der Waals surface area contributed by atoms with Gasteiger partial charge in [-0.15, -0.1) is 5.10 Å². The van der Waals surface area contributed by atoms with Crippen LogP contribution in [0.4, 0.5) is 0 Å². The predicted molar refractivity (Wildman–Crippen MR) is 62.6 cm³/mol. The Hall–Kier alpha value is -1.63. The van der Waals surface area contributed by atoms with E-state index in [0.29, 0.717) is 12.3 Å². The van der Waals surface area contributed by atoms with Crippen LogP contribution in [0.25, 0.3) is 0 Å². The highest BCUT2D eigenvalue weighted by Gasteiger charge is 2.42. The van der Waals surface area contributed by atoms with Crippen molar-refractivity contribution in [3.05, 3.63) is 12.4 Å². The standard InChI is InChI=1S/C10H18N6O/c11-9(14-17)7-10(1-2-10)8-12-3-5-16-6-4-13-15-16/h4,6,12,17H,1-3,5,7-8H2,(H2,11,14). The van der Waals surface area contributed by atoms with Gasteiger partial charge in [-0.2, -0.15) is 0 Å². The number of amidine groups is 1. The molecule has 0 bridgehead atoms. The van der Waals surface area contributed by atoms with Crippen molar-refractivity contribution in [1.82, 2.24) is 20.3 Å². The Labute approximate surface area is 99.7 Å². The molecular weight excluding hydrogens is 220 g/mol.